The van der Waals surface area contributed by atoms with Crippen LogP contribution in [0.25, 0.3) is 22.5 Å². The van der Waals surface area contributed by atoms with Gasteiger partial charge in [0.15, 0.2) is 0 Å². The molecule has 160 valence electrons. The molecule has 2 aromatic heterocycles. The van der Waals surface area contributed by atoms with Crippen LogP contribution < -0.4 is 10.5 Å². The number of benzene rings is 2. The van der Waals surface area contributed by atoms with E-state index in [-0.39, 0.29) is 11.7 Å². The lowest BCUT2D eigenvalue weighted by Gasteiger charge is -2.34. The molecule has 1 unspecified atom stereocenters. The molecule has 7 heteroatoms. The topological polar surface area (TPSA) is 73.1 Å². The Kier molecular flexibility index (Phi) is 5.47. The second kappa shape index (κ2) is 8.72. The van der Waals surface area contributed by atoms with E-state index in [4.69, 9.17) is 9.72 Å². The third kappa shape index (κ3) is 4.02. The first-order chi connectivity index (χ1) is 15.7. The summed E-state index contributed by atoms with van der Waals surface area (Å²) in [7, 11) is 1.74. The molecule has 0 amide bonds. The number of nitrogens with zero attached hydrogens (tertiary/aromatic N) is 5. The molecule has 3 heterocycles. The van der Waals surface area contributed by atoms with Crippen molar-refractivity contribution in [2.45, 2.75) is 6.10 Å². The van der Waals surface area contributed by atoms with Crippen molar-refractivity contribution in [1.29, 1.82) is 0 Å². The first-order valence-electron chi connectivity index (χ1n) is 10.6. The zero-order valence-corrected chi connectivity index (χ0v) is 17.8. The molecule has 32 heavy (non-hydrogen) atoms. The highest BCUT2D eigenvalue weighted by Gasteiger charge is 2.25. The van der Waals surface area contributed by atoms with E-state index in [9.17, 15) is 4.79 Å². The van der Waals surface area contributed by atoms with Crippen LogP contribution in [0.15, 0.2) is 84.0 Å². The lowest BCUT2D eigenvalue weighted by molar-refractivity contribution is 0.0390. The summed E-state index contributed by atoms with van der Waals surface area (Å²) in [5, 5.41) is 0. The molecule has 4 aromatic rings. The maximum atomic E-state index is 12.7. The minimum Gasteiger partial charge on any atom is -0.370 e. The van der Waals surface area contributed by atoms with Crippen LogP contribution in [-0.2, 0) is 11.8 Å². The van der Waals surface area contributed by atoms with E-state index in [0.717, 1.165) is 11.1 Å². The van der Waals surface area contributed by atoms with Gasteiger partial charge in [-0.15, -0.1) is 0 Å². The van der Waals surface area contributed by atoms with Gasteiger partial charge < -0.3 is 9.64 Å². The van der Waals surface area contributed by atoms with Crippen LogP contribution in [0, 0.1) is 0 Å². The van der Waals surface area contributed by atoms with E-state index in [1.165, 1.54) is 18.0 Å². The molecule has 1 atom stereocenters. The maximum absolute atomic E-state index is 12.7. The second-order valence-corrected chi connectivity index (χ2v) is 7.73. The number of anilines is 1. The molecule has 1 aliphatic rings. The van der Waals surface area contributed by atoms with Gasteiger partial charge >= 0.3 is 0 Å². The fourth-order valence-electron chi connectivity index (χ4n) is 3.97. The predicted molar refractivity (Wildman–Crippen MR) is 123 cm³/mol. The first kappa shape index (κ1) is 20.1. The summed E-state index contributed by atoms with van der Waals surface area (Å²) >= 11 is 0. The summed E-state index contributed by atoms with van der Waals surface area (Å²) < 4.78 is 7.69. The molecule has 1 aliphatic heterocycles. The van der Waals surface area contributed by atoms with Gasteiger partial charge in [0.2, 0.25) is 5.95 Å². The lowest BCUT2D eigenvalue weighted by atomic mass is 10.00. The molecule has 0 bridgehead atoms. The SMILES string of the molecule is Cn1c(N2CCOC(c3cccc(-c4ccccc4)c3)C2)nc(-c2ccncn2)cc1=O. The van der Waals surface area contributed by atoms with Gasteiger partial charge in [-0.05, 0) is 28.8 Å². The molecule has 0 radical (unpaired) electrons. The van der Waals surface area contributed by atoms with Crippen molar-refractivity contribution in [3.8, 4) is 22.5 Å². The number of morpholine rings is 1. The van der Waals surface area contributed by atoms with Crippen LogP contribution >= 0.6 is 0 Å². The zero-order chi connectivity index (χ0) is 21.9. The van der Waals surface area contributed by atoms with Gasteiger partial charge in [-0.2, -0.15) is 0 Å². The molecule has 0 aliphatic carbocycles. The van der Waals surface area contributed by atoms with Gasteiger partial charge in [0, 0.05) is 25.9 Å². The van der Waals surface area contributed by atoms with E-state index in [1.807, 2.05) is 18.2 Å². The highest BCUT2D eigenvalue weighted by Crippen LogP contribution is 2.29. The van der Waals surface area contributed by atoms with Crippen molar-refractivity contribution in [1.82, 2.24) is 19.5 Å². The molecule has 0 spiro atoms. The van der Waals surface area contributed by atoms with Crippen LogP contribution in [-0.4, -0.2) is 39.2 Å². The van der Waals surface area contributed by atoms with Gasteiger partial charge in [0.05, 0.1) is 24.5 Å². The molecule has 0 N–H and O–H groups in total. The van der Waals surface area contributed by atoms with E-state index in [0.29, 0.717) is 37.0 Å². The number of rotatable bonds is 4. The predicted octanol–water partition coefficient (Wildman–Crippen LogP) is 3.48. The summed E-state index contributed by atoms with van der Waals surface area (Å²) in [6, 6.07) is 22.0. The fraction of sp³-hybridized carbons (Fsp3) is 0.200. The third-order valence-electron chi connectivity index (χ3n) is 5.67. The molecule has 1 fully saturated rings. The largest absolute Gasteiger partial charge is 0.370 e. The van der Waals surface area contributed by atoms with Gasteiger partial charge in [-0.25, -0.2) is 15.0 Å². The van der Waals surface area contributed by atoms with Gasteiger partial charge in [-0.1, -0.05) is 48.5 Å². The molecule has 5 rings (SSSR count). The first-order valence-corrected chi connectivity index (χ1v) is 10.6. The summed E-state index contributed by atoms with van der Waals surface area (Å²) in [6.07, 6.45) is 2.98. The monoisotopic (exact) mass is 425 g/mol. The molecule has 7 nitrogen and oxygen atoms in total. The minimum atomic E-state index is -0.127. The molecule has 2 aromatic carbocycles. The number of ether oxygens (including phenoxy) is 1. The Labute approximate surface area is 186 Å². The average Bonchev–Trinajstić information content (AvgIpc) is 2.87. The lowest BCUT2D eigenvalue weighted by Crippen LogP contribution is -2.41. The fourth-order valence-corrected chi connectivity index (χ4v) is 3.97. The van der Waals surface area contributed by atoms with Crippen molar-refractivity contribution in [2.24, 2.45) is 7.05 Å². The maximum Gasteiger partial charge on any atom is 0.255 e. The van der Waals surface area contributed by atoms with Crippen molar-refractivity contribution >= 4 is 5.95 Å². The Bertz CT molecular complexity index is 1270. The van der Waals surface area contributed by atoms with Gasteiger partial charge in [0.25, 0.3) is 5.56 Å². The van der Waals surface area contributed by atoms with Crippen LogP contribution in [0.3, 0.4) is 0 Å². The van der Waals surface area contributed by atoms with Gasteiger partial charge in [0.1, 0.15) is 12.4 Å². The molecule has 0 saturated carbocycles. The Hall–Kier alpha value is -3.84. The third-order valence-corrected chi connectivity index (χ3v) is 5.67. The number of hydrogen-bond donors (Lipinski definition) is 0. The van der Waals surface area contributed by atoms with Gasteiger partial charge in [-0.3, -0.25) is 9.36 Å². The normalized spacial score (nSPS) is 16.2. The van der Waals surface area contributed by atoms with Crippen LogP contribution in [0.2, 0.25) is 0 Å². The Morgan fingerprint density at radius 2 is 1.81 bits per heavy atom. The van der Waals surface area contributed by atoms with Crippen molar-refractivity contribution in [3.05, 3.63) is 95.2 Å². The highest BCUT2D eigenvalue weighted by atomic mass is 16.5. The van der Waals surface area contributed by atoms with Crippen LogP contribution in [0.5, 0.6) is 0 Å². The summed E-state index contributed by atoms with van der Waals surface area (Å²) in [5.74, 6) is 0.610. The van der Waals surface area contributed by atoms with Crippen LogP contribution in [0.4, 0.5) is 5.95 Å². The van der Waals surface area contributed by atoms with E-state index in [2.05, 4.69) is 51.3 Å². The summed E-state index contributed by atoms with van der Waals surface area (Å²) in [6.45, 7) is 1.81. The molecular formula is C25H23N5O2. The molecular weight excluding hydrogens is 402 g/mol. The second-order valence-electron chi connectivity index (χ2n) is 7.73. The Balaban J connectivity index is 1.45. The number of aromatic nitrogens is 4. The van der Waals surface area contributed by atoms with E-state index >= 15 is 0 Å². The Morgan fingerprint density at radius 1 is 0.969 bits per heavy atom. The smallest absolute Gasteiger partial charge is 0.255 e. The van der Waals surface area contributed by atoms with E-state index in [1.54, 1.807) is 23.9 Å². The minimum absolute atomic E-state index is 0.118. The quantitative estimate of drug-likeness (QED) is 0.498. The van der Waals surface area contributed by atoms with Crippen molar-refractivity contribution in [3.63, 3.8) is 0 Å². The average molecular weight is 425 g/mol. The summed E-state index contributed by atoms with van der Waals surface area (Å²) in [4.78, 5) is 27.7. The molecule has 1 saturated heterocycles. The van der Waals surface area contributed by atoms with Crippen LogP contribution in [0.1, 0.15) is 11.7 Å². The standard InChI is InChI=1S/C25H23N5O2/c1-29-24(31)15-22(21-10-11-26-17-27-21)28-25(29)30-12-13-32-23(16-30)20-9-5-8-19(14-20)18-6-3-2-4-7-18/h2-11,14-15,17,23H,12-13,16H2,1H3. The van der Waals surface area contributed by atoms with Crippen molar-refractivity contribution in [2.75, 3.05) is 24.6 Å². The highest BCUT2D eigenvalue weighted by molar-refractivity contribution is 5.64. The van der Waals surface area contributed by atoms with E-state index < -0.39 is 0 Å². The Morgan fingerprint density at radius 3 is 2.62 bits per heavy atom. The van der Waals surface area contributed by atoms with Crippen molar-refractivity contribution < 1.29 is 4.74 Å². The zero-order valence-electron chi connectivity index (χ0n) is 17.8. The number of hydrogen-bond acceptors (Lipinski definition) is 6. The summed E-state index contributed by atoms with van der Waals surface area (Å²) in [5.41, 5.74) is 4.47.